The maximum absolute atomic E-state index is 13.3. The van der Waals surface area contributed by atoms with Crippen molar-refractivity contribution in [1.82, 2.24) is 4.98 Å². The van der Waals surface area contributed by atoms with Crippen molar-refractivity contribution in [3.63, 3.8) is 0 Å². The van der Waals surface area contributed by atoms with Gasteiger partial charge in [-0.25, -0.2) is 9.37 Å². The number of carbonyl (C=O) groups excluding carboxylic acids is 1. The number of hydrogen-bond acceptors (Lipinski definition) is 3. The first-order valence-corrected chi connectivity index (χ1v) is 6.85. The van der Waals surface area contributed by atoms with Gasteiger partial charge in [0.15, 0.2) is 5.82 Å². The van der Waals surface area contributed by atoms with E-state index < -0.39 is 11.7 Å². The van der Waals surface area contributed by atoms with Crippen molar-refractivity contribution in [2.45, 2.75) is 0 Å². The average molecular weight is 349 g/mol. The Hall–Kier alpha value is -1.56. The molecule has 1 aromatic carbocycles. The monoisotopic (exact) mass is 347 g/mol. The van der Waals surface area contributed by atoms with Gasteiger partial charge < -0.3 is 10.6 Å². The van der Waals surface area contributed by atoms with Crippen LogP contribution in [0, 0.1) is 5.82 Å². The first kappa shape index (κ1) is 15.8. The van der Waals surface area contributed by atoms with E-state index in [1.165, 1.54) is 24.4 Å². The number of aromatic nitrogens is 1. The summed E-state index contributed by atoms with van der Waals surface area (Å²) in [7, 11) is 1.66. The minimum atomic E-state index is -0.737. The third-order valence-electron chi connectivity index (χ3n) is 2.58. The summed E-state index contributed by atoms with van der Waals surface area (Å²) in [4.78, 5) is 16.1. The highest BCUT2D eigenvalue weighted by Gasteiger charge is 2.12. The van der Waals surface area contributed by atoms with Gasteiger partial charge in [0.05, 0.1) is 20.6 Å². The number of nitrogens with zero attached hydrogens (tertiary/aromatic N) is 1. The Morgan fingerprint density at radius 3 is 2.29 bits per heavy atom. The molecule has 0 atom stereocenters. The second kappa shape index (κ2) is 6.47. The molecule has 0 fully saturated rings. The molecule has 1 heterocycles. The maximum Gasteiger partial charge on any atom is 0.257 e. The molecule has 1 aromatic heterocycles. The molecule has 0 aliphatic heterocycles. The van der Waals surface area contributed by atoms with E-state index in [0.717, 1.165) is 0 Å². The van der Waals surface area contributed by atoms with Gasteiger partial charge in [-0.2, -0.15) is 0 Å². The van der Waals surface area contributed by atoms with Gasteiger partial charge in [-0.15, -0.1) is 0 Å². The first-order valence-electron chi connectivity index (χ1n) is 5.71. The highest BCUT2D eigenvalue weighted by molar-refractivity contribution is 6.35. The third-order valence-corrected chi connectivity index (χ3v) is 3.42. The molecule has 0 spiro atoms. The van der Waals surface area contributed by atoms with Gasteiger partial charge in [0.2, 0.25) is 0 Å². The molecule has 21 heavy (non-hydrogen) atoms. The number of amides is 1. The molecule has 0 saturated carbocycles. The lowest BCUT2D eigenvalue weighted by Gasteiger charge is -2.08. The number of nitrogens with one attached hydrogen (secondary N) is 2. The van der Waals surface area contributed by atoms with Crippen LogP contribution in [0.15, 0.2) is 24.4 Å². The van der Waals surface area contributed by atoms with E-state index in [2.05, 4.69) is 15.6 Å². The van der Waals surface area contributed by atoms with Crippen molar-refractivity contribution in [1.29, 1.82) is 0 Å². The molecule has 4 nitrogen and oxygen atoms in total. The summed E-state index contributed by atoms with van der Waals surface area (Å²) in [5, 5.41) is 5.26. The Balaban J connectivity index is 2.24. The lowest BCUT2D eigenvalue weighted by atomic mass is 10.2. The van der Waals surface area contributed by atoms with Crippen LogP contribution >= 0.6 is 34.8 Å². The zero-order valence-electron chi connectivity index (χ0n) is 10.7. The van der Waals surface area contributed by atoms with E-state index in [0.29, 0.717) is 10.8 Å². The molecule has 2 aromatic rings. The fourth-order valence-electron chi connectivity index (χ4n) is 1.58. The van der Waals surface area contributed by atoms with Crippen LogP contribution in [-0.2, 0) is 0 Å². The standard InChI is InChI=1S/C13H9Cl3FN3O/c1-18-12-10(16)2-6(5-19-12)13(21)20-7-3-8(14)11(17)9(15)4-7/h2-5H,1H3,(H,18,19)(H,20,21). The van der Waals surface area contributed by atoms with Gasteiger partial charge >= 0.3 is 0 Å². The van der Waals surface area contributed by atoms with Crippen LogP contribution in [0.5, 0.6) is 0 Å². The van der Waals surface area contributed by atoms with Crippen molar-refractivity contribution in [2.24, 2.45) is 0 Å². The van der Waals surface area contributed by atoms with E-state index in [1.807, 2.05) is 0 Å². The summed E-state index contributed by atoms with van der Waals surface area (Å²) >= 11 is 17.3. The first-order chi connectivity index (χ1) is 9.92. The molecular formula is C13H9Cl3FN3O. The van der Waals surface area contributed by atoms with Crippen LogP contribution in [0.1, 0.15) is 10.4 Å². The van der Waals surface area contributed by atoms with Gasteiger partial charge in [0.25, 0.3) is 5.91 Å². The van der Waals surface area contributed by atoms with Crippen LogP contribution in [0.4, 0.5) is 15.9 Å². The maximum atomic E-state index is 13.3. The molecule has 2 N–H and O–H groups in total. The number of hydrogen-bond donors (Lipinski definition) is 2. The van der Waals surface area contributed by atoms with Crippen molar-refractivity contribution in [2.75, 3.05) is 17.7 Å². The van der Waals surface area contributed by atoms with Crippen molar-refractivity contribution < 1.29 is 9.18 Å². The number of halogens is 4. The number of rotatable bonds is 3. The van der Waals surface area contributed by atoms with E-state index in [-0.39, 0.29) is 21.3 Å². The highest BCUT2D eigenvalue weighted by Crippen LogP contribution is 2.28. The van der Waals surface area contributed by atoms with Gasteiger partial charge in [-0.1, -0.05) is 34.8 Å². The van der Waals surface area contributed by atoms with Gasteiger partial charge in [-0.05, 0) is 18.2 Å². The van der Waals surface area contributed by atoms with Crippen LogP contribution in [0.3, 0.4) is 0 Å². The molecular weight excluding hydrogens is 340 g/mol. The van der Waals surface area contributed by atoms with Crippen molar-refractivity contribution >= 4 is 52.2 Å². The molecule has 1 amide bonds. The second-order valence-electron chi connectivity index (χ2n) is 4.01. The summed E-state index contributed by atoms with van der Waals surface area (Å²) in [6, 6.07) is 3.98. The zero-order chi connectivity index (χ0) is 15.6. The van der Waals surface area contributed by atoms with Crippen LogP contribution in [0.25, 0.3) is 0 Å². The Labute approximate surface area is 135 Å². The third kappa shape index (κ3) is 3.56. The normalized spacial score (nSPS) is 10.3. The Morgan fingerprint density at radius 1 is 1.14 bits per heavy atom. The zero-order valence-corrected chi connectivity index (χ0v) is 12.9. The van der Waals surface area contributed by atoms with E-state index >= 15 is 0 Å². The van der Waals surface area contributed by atoms with E-state index in [1.54, 1.807) is 7.05 Å². The van der Waals surface area contributed by atoms with Crippen LogP contribution in [-0.4, -0.2) is 17.9 Å². The number of anilines is 2. The largest absolute Gasteiger partial charge is 0.372 e. The predicted octanol–water partition coefficient (Wildman–Crippen LogP) is 4.47. The second-order valence-corrected chi connectivity index (χ2v) is 5.23. The minimum absolute atomic E-state index is 0.181. The predicted molar refractivity (Wildman–Crippen MR) is 83.2 cm³/mol. The van der Waals surface area contributed by atoms with E-state index in [4.69, 9.17) is 34.8 Å². The number of pyridine rings is 1. The minimum Gasteiger partial charge on any atom is -0.372 e. The summed E-state index contributed by atoms with van der Waals surface area (Å²) in [5.41, 5.74) is 0.515. The quantitative estimate of drug-likeness (QED) is 0.804. The van der Waals surface area contributed by atoms with E-state index in [9.17, 15) is 9.18 Å². The Kier molecular flexibility index (Phi) is 4.88. The molecule has 0 unspecified atom stereocenters. The highest BCUT2D eigenvalue weighted by atomic mass is 35.5. The lowest BCUT2D eigenvalue weighted by molar-refractivity contribution is 0.102. The summed E-state index contributed by atoms with van der Waals surface area (Å²) in [6.45, 7) is 0. The Morgan fingerprint density at radius 2 is 1.76 bits per heavy atom. The number of carbonyl (C=O) groups is 1. The molecule has 110 valence electrons. The summed E-state index contributed by atoms with van der Waals surface area (Å²) < 4.78 is 13.3. The molecule has 0 radical (unpaired) electrons. The molecule has 8 heteroatoms. The number of benzene rings is 1. The SMILES string of the molecule is CNc1ncc(C(=O)Nc2cc(Cl)c(F)c(Cl)c2)cc1Cl. The fourth-order valence-corrected chi connectivity index (χ4v) is 2.32. The fraction of sp³-hybridized carbons (Fsp3) is 0.0769. The van der Waals surface area contributed by atoms with Gasteiger partial charge in [0, 0.05) is 18.9 Å². The van der Waals surface area contributed by atoms with Crippen LogP contribution < -0.4 is 10.6 Å². The molecule has 0 saturated heterocycles. The van der Waals surface area contributed by atoms with Crippen molar-refractivity contribution in [3.8, 4) is 0 Å². The lowest BCUT2D eigenvalue weighted by Crippen LogP contribution is -2.12. The molecule has 0 bridgehead atoms. The average Bonchev–Trinajstić information content (AvgIpc) is 2.44. The topological polar surface area (TPSA) is 54.0 Å². The van der Waals surface area contributed by atoms with Crippen molar-refractivity contribution in [3.05, 3.63) is 50.8 Å². The summed E-state index contributed by atoms with van der Waals surface area (Å²) in [6.07, 6.45) is 1.36. The Bertz CT molecular complexity index is 686. The molecule has 2 rings (SSSR count). The molecule has 0 aliphatic carbocycles. The molecule has 0 aliphatic rings. The van der Waals surface area contributed by atoms with Gasteiger partial charge in [0.1, 0.15) is 5.82 Å². The smallest absolute Gasteiger partial charge is 0.257 e. The van der Waals surface area contributed by atoms with Gasteiger partial charge in [-0.3, -0.25) is 4.79 Å². The van der Waals surface area contributed by atoms with Crippen LogP contribution in [0.2, 0.25) is 15.1 Å². The summed E-state index contributed by atoms with van der Waals surface area (Å²) in [5.74, 6) is -0.744.